The summed E-state index contributed by atoms with van der Waals surface area (Å²) in [6, 6.07) is 0. The lowest BCUT2D eigenvalue weighted by molar-refractivity contribution is -0.198. The van der Waals surface area contributed by atoms with Crippen LogP contribution in [0.25, 0.3) is 0 Å². The highest BCUT2D eigenvalue weighted by molar-refractivity contribution is 5.74. The molecular weight excluding hydrogens is 416 g/mol. The van der Waals surface area contributed by atoms with Crippen LogP contribution in [0.5, 0.6) is 0 Å². The lowest BCUT2D eigenvalue weighted by atomic mass is 9.45. The molecule has 180 valence electrons. The molecule has 0 saturated heterocycles. The summed E-state index contributed by atoms with van der Waals surface area (Å²) in [7, 11) is 1.37. The van der Waals surface area contributed by atoms with Gasteiger partial charge in [0.2, 0.25) is 0 Å². The predicted octanol–water partition coefficient (Wildman–Crippen LogP) is 3.37. The van der Waals surface area contributed by atoms with Gasteiger partial charge in [-0.3, -0.25) is 19.2 Å². The van der Waals surface area contributed by atoms with Gasteiger partial charge in [0.1, 0.15) is 6.10 Å². The maximum atomic E-state index is 12.4. The topological polar surface area (TPSA) is 127 Å². The minimum atomic E-state index is -1.01. The molecule has 0 aliphatic heterocycles. The monoisotopic (exact) mass is 452 g/mol. The van der Waals surface area contributed by atoms with E-state index in [0.29, 0.717) is 19.3 Å². The van der Waals surface area contributed by atoms with E-state index in [1.165, 1.54) is 14.0 Å². The van der Waals surface area contributed by atoms with Gasteiger partial charge in [-0.25, -0.2) is 0 Å². The summed E-state index contributed by atoms with van der Waals surface area (Å²) in [5.74, 6) is -3.78. The van der Waals surface area contributed by atoms with Crippen molar-refractivity contribution in [2.75, 3.05) is 7.11 Å². The Morgan fingerprint density at radius 2 is 1.69 bits per heavy atom. The second kappa shape index (κ2) is 8.67. The molecule has 8 heteroatoms. The SMILES string of the molecule is COC(=O)[C@@H](C)[C@@H]1CC[C@@H]2[C@@H]3CC[C@H](C(=O)O)[C@](C)(CC(=O)O)[C@@H]3C[C@H](OC(C)=O)[C@]21C. The van der Waals surface area contributed by atoms with Crippen LogP contribution in [0.4, 0.5) is 0 Å². The summed E-state index contributed by atoms with van der Waals surface area (Å²) >= 11 is 0. The maximum Gasteiger partial charge on any atom is 0.308 e. The van der Waals surface area contributed by atoms with Crippen LogP contribution < -0.4 is 0 Å². The summed E-state index contributed by atoms with van der Waals surface area (Å²) in [4.78, 5) is 48.4. The molecule has 0 spiro atoms. The molecule has 0 aromatic carbocycles. The molecule has 0 unspecified atom stereocenters. The molecule has 3 saturated carbocycles. The summed E-state index contributed by atoms with van der Waals surface area (Å²) < 4.78 is 10.9. The Balaban J connectivity index is 2.06. The van der Waals surface area contributed by atoms with Crippen molar-refractivity contribution in [3.8, 4) is 0 Å². The first-order valence-corrected chi connectivity index (χ1v) is 11.6. The van der Waals surface area contributed by atoms with Gasteiger partial charge in [0, 0.05) is 12.3 Å². The van der Waals surface area contributed by atoms with Crippen LogP contribution >= 0.6 is 0 Å². The highest BCUT2D eigenvalue weighted by atomic mass is 16.5. The molecule has 0 amide bonds. The smallest absolute Gasteiger partial charge is 0.308 e. The summed E-state index contributed by atoms with van der Waals surface area (Å²) in [5, 5.41) is 19.5. The van der Waals surface area contributed by atoms with Gasteiger partial charge < -0.3 is 19.7 Å². The first kappa shape index (κ1) is 24.5. The Bertz CT molecular complexity index is 793. The Morgan fingerprint density at radius 1 is 1.03 bits per heavy atom. The number of rotatable bonds is 6. The van der Waals surface area contributed by atoms with Crippen LogP contribution in [0, 0.1) is 46.3 Å². The lowest BCUT2D eigenvalue weighted by Crippen LogP contribution is -2.60. The number of ether oxygens (including phenoxy) is 2. The van der Waals surface area contributed by atoms with Crippen molar-refractivity contribution < 1.29 is 38.9 Å². The molecular formula is C24H36O8. The fraction of sp³-hybridized carbons (Fsp3) is 0.833. The number of carbonyl (C=O) groups excluding carboxylic acids is 2. The molecule has 3 rings (SSSR count). The van der Waals surface area contributed by atoms with Crippen molar-refractivity contribution in [3.05, 3.63) is 0 Å². The van der Waals surface area contributed by atoms with Gasteiger partial charge in [0.15, 0.2) is 0 Å². The largest absolute Gasteiger partial charge is 0.481 e. The highest BCUT2D eigenvalue weighted by Gasteiger charge is 2.66. The Hall–Kier alpha value is -2.12. The van der Waals surface area contributed by atoms with E-state index < -0.39 is 40.8 Å². The third kappa shape index (κ3) is 3.79. The fourth-order valence-electron chi connectivity index (χ4n) is 7.96. The zero-order chi connectivity index (χ0) is 24.0. The van der Waals surface area contributed by atoms with E-state index in [2.05, 4.69) is 6.92 Å². The molecule has 8 nitrogen and oxygen atoms in total. The first-order chi connectivity index (χ1) is 14.9. The maximum absolute atomic E-state index is 12.4. The van der Waals surface area contributed by atoms with Gasteiger partial charge >= 0.3 is 23.9 Å². The normalized spacial score (nSPS) is 41.7. The molecule has 0 heterocycles. The molecule has 0 bridgehead atoms. The fourth-order valence-corrected chi connectivity index (χ4v) is 7.96. The molecule has 9 atom stereocenters. The number of esters is 2. The third-order valence-electron chi connectivity index (χ3n) is 9.33. The minimum absolute atomic E-state index is 0.0341. The quantitative estimate of drug-likeness (QED) is 0.587. The van der Waals surface area contributed by atoms with Crippen LogP contribution in [0.1, 0.15) is 66.2 Å². The third-order valence-corrected chi connectivity index (χ3v) is 9.33. The second-order valence-corrected chi connectivity index (χ2v) is 10.6. The molecule has 3 aliphatic rings. The van der Waals surface area contributed by atoms with Crippen LogP contribution in [0.3, 0.4) is 0 Å². The average Bonchev–Trinajstić information content (AvgIpc) is 3.05. The van der Waals surface area contributed by atoms with Gasteiger partial charge in [-0.1, -0.05) is 20.8 Å². The zero-order valence-electron chi connectivity index (χ0n) is 19.6. The van der Waals surface area contributed by atoms with E-state index in [1.807, 2.05) is 6.92 Å². The molecule has 0 aromatic rings. The number of carbonyl (C=O) groups is 4. The Kier molecular flexibility index (Phi) is 6.64. The summed E-state index contributed by atoms with van der Waals surface area (Å²) in [6.45, 7) is 7.09. The number of hydrogen-bond donors (Lipinski definition) is 2. The van der Waals surface area contributed by atoms with Gasteiger partial charge in [-0.15, -0.1) is 0 Å². The standard InChI is InChI=1S/C24H36O8/c1-12(22(30)31-5)15-8-9-16-14-6-7-17(21(28)29)23(3,11-20(26)27)18(14)10-19(24(15,16)4)32-13(2)25/h12,14-19H,6-11H2,1-5H3,(H,26,27)(H,28,29)/t12-,14-,15-,16+,17+,18+,19-,23-,24-/m0/s1. The molecule has 3 fully saturated rings. The van der Waals surface area contributed by atoms with Gasteiger partial charge in [-0.2, -0.15) is 0 Å². The van der Waals surface area contributed by atoms with E-state index in [1.54, 1.807) is 6.92 Å². The van der Waals surface area contributed by atoms with Crippen molar-refractivity contribution >= 4 is 23.9 Å². The average molecular weight is 453 g/mol. The summed E-state index contributed by atoms with van der Waals surface area (Å²) in [5.41, 5.74) is -1.40. The Labute approximate surface area is 189 Å². The van der Waals surface area contributed by atoms with E-state index >= 15 is 0 Å². The van der Waals surface area contributed by atoms with Gasteiger partial charge in [-0.05, 0) is 61.2 Å². The second-order valence-electron chi connectivity index (χ2n) is 10.6. The molecule has 0 radical (unpaired) electrons. The molecule has 2 N–H and O–H groups in total. The number of hydrogen-bond acceptors (Lipinski definition) is 6. The number of carboxylic acids is 2. The van der Waals surface area contributed by atoms with Crippen molar-refractivity contribution in [1.29, 1.82) is 0 Å². The van der Waals surface area contributed by atoms with Crippen molar-refractivity contribution in [2.45, 2.75) is 72.3 Å². The summed E-state index contributed by atoms with van der Waals surface area (Å²) in [6.07, 6.45) is 2.43. The van der Waals surface area contributed by atoms with Gasteiger partial charge in [0.05, 0.1) is 25.4 Å². The van der Waals surface area contributed by atoms with Crippen molar-refractivity contribution in [3.63, 3.8) is 0 Å². The minimum Gasteiger partial charge on any atom is -0.481 e. The number of aliphatic carboxylic acids is 2. The Morgan fingerprint density at radius 3 is 2.22 bits per heavy atom. The zero-order valence-corrected chi connectivity index (χ0v) is 19.6. The van der Waals surface area contributed by atoms with E-state index in [-0.39, 0.29) is 42.0 Å². The number of carboxylic acid groups (broad SMARTS) is 2. The highest BCUT2D eigenvalue weighted by Crippen LogP contribution is 2.67. The van der Waals surface area contributed by atoms with Crippen LogP contribution in [0.2, 0.25) is 0 Å². The van der Waals surface area contributed by atoms with Crippen LogP contribution in [-0.2, 0) is 28.7 Å². The first-order valence-electron chi connectivity index (χ1n) is 11.6. The van der Waals surface area contributed by atoms with Crippen LogP contribution in [-0.4, -0.2) is 47.3 Å². The van der Waals surface area contributed by atoms with Crippen LogP contribution in [0.15, 0.2) is 0 Å². The van der Waals surface area contributed by atoms with E-state index in [4.69, 9.17) is 9.47 Å². The molecule has 32 heavy (non-hydrogen) atoms. The van der Waals surface area contributed by atoms with E-state index in [9.17, 15) is 29.4 Å². The van der Waals surface area contributed by atoms with Crippen molar-refractivity contribution in [2.24, 2.45) is 46.3 Å². The lowest BCUT2D eigenvalue weighted by Gasteiger charge is -2.60. The molecule has 0 aromatic heterocycles. The van der Waals surface area contributed by atoms with Crippen molar-refractivity contribution in [1.82, 2.24) is 0 Å². The number of fused-ring (bicyclic) bond motifs is 3. The molecule has 3 aliphatic carbocycles. The predicted molar refractivity (Wildman–Crippen MR) is 113 cm³/mol. The van der Waals surface area contributed by atoms with Gasteiger partial charge in [0.25, 0.3) is 0 Å². The number of methoxy groups -OCH3 is 1. The van der Waals surface area contributed by atoms with E-state index in [0.717, 1.165) is 12.8 Å².